The summed E-state index contributed by atoms with van der Waals surface area (Å²) in [4.78, 5) is 6.52. The number of unbranched alkanes of at least 4 members (excludes halogenated alkanes) is 4. The summed E-state index contributed by atoms with van der Waals surface area (Å²) in [6.07, 6.45) is 10.3. The van der Waals surface area contributed by atoms with Crippen LogP contribution in [0.4, 0.5) is 0 Å². The average Bonchev–Trinajstić information content (AvgIpc) is 3.45. The highest BCUT2D eigenvalue weighted by Gasteiger charge is 2.32. The van der Waals surface area contributed by atoms with E-state index in [0.29, 0.717) is 11.7 Å². The molecule has 0 spiro atoms. The maximum absolute atomic E-state index is 7.77. The molecule has 0 radical (unpaired) electrons. The highest BCUT2D eigenvalue weighted by atomic mass is 16.5. The molecule has 7 nitrogen and oxygen atoms in total. The monoisotopic (exact) mass is 394 g/mol. The van der Waals surface area contributed by atoms with Crippen molar-refractivity contribution in [3.8, 4) is 11.4 Å². The van der Waals surface area contributed by atoms with Crippen molar-refractivity contribution in [1.82, 2.24) is 19.6 Å². The molecule has 29 heavy (non-hydrogen) atoms. The van der Waals surface area contributed by atoms with Gasteiger partial charge in [-0.1, -0.05) is 56.0 Å². The molecule has 1 aliphatic rings. The predicted molar refractivity (Wildman–Crippen MR) is 115 cm³/mol. The smallest absolute Gasteiger partial charge is 0.249 e. The van der Waals surface area contributed by atoms with Crippen LogP contribution in [0, 0.1) is 5.41 Å². The Hall–Kier alpha value is -2.83. The number of likely N-dealkylation sites (tertiary alicyclic amines) is 1. The number of aryl methyl sites for hydroxylation is 1. The van der Waals surface area contributed by atoms with Crippen molar-refractivity contribution in [3.63, 3.8) is 0 Å². The first-order chi connectivity index (χ1) is 14.2. The van der Waals surface area contributed by atoms with Gasteiger partial charge in [-0.15, -0.1) is 0 Å². The van der Waals surface area contributed by atoms with E-state index in [9.17, 15) is 0 Å². The van der Waals surface area contributed by atoms with Crippen LogP contribution in [0.1, 0.15) is 63.8 Å². The molecule has 154 valence electrons. The Kier molecular flexibility index (Phi) is 5.83. The van der Waals surface area contributed by atoms with E-state index in [4.69, 9.17) is 20.7 Å². The van der Waals surface area contributed by atoms with E-state index in [1.165, 1.54) is 37.6 Å². The van der Waals surface area contributed by atoms with Crippen LogP contribution < -0.4 is 5.73 Å². The zero-order valence-electron chi connectivity index (χ0n) is 17.1. The Labute approximate surface area is 171 Å². The maximum atomic E-state index is 7.77. The second kappa shape index (κ2) is 8.68. The third kappa shape index (κ3) is 3.99. The first-order valence-electron chi connectivity index (χ1n) is 10.7. The minimum atomic E-state index is -0.0966. The van der Waals surface area contributed by atoms with Crippen LogP contribution in [0.2, 0.25) is 0 Å². The number of hydrogen-bond acceptors (Lipinski definition) is 4. The van der Waals surface area contributed by atoms with Crippen LogP contribution in [0.5, 0.6) is 0 Å². The fourth-order valence-electron chi connectivity index (χ4n) is 4.29. The Morgan fingerprint density at radius 1 is 1.24 bits per heavy atom. The van der Waals surface area contributed by atoms with Gasteiger partial charge in [0.25, 0.3) is 0 Å². The third-order valence-corrected chi connectivity index (χ3v) is 5.82. The summed E-state index contributed by atoms with van der Waals surface area (Å²) in [5.41, 5.74) is 7.92. The zero-order chi connectivity index (χ0) is 20.2. The van der Waals surface area contributed by atoms with Crippen molar-refractivity contribution in [1.29, 1.82) is 5.41 Å². The minimum absolute atomic E-state index is 0.0620. The summed E-state index contributed by atoms with van der Waals surface area (Å²) in [6, 6.07) is 8.30. The topological polar surface area (TPSA) is 97.0 Å². The number of nitrogens with two attached hydrogens (primary N) is 1. The second-order valence-electron chi connectivity index (χ2n) is 7.86. The van der Waals surface area contributed by atoms with Gasteiger partial charge in [-0.2, -0.15) is 4.98 Å². The molecule has 4 rings (SSSR count). The summed E-state index contributed by atoms with van der Waals surface area (Å²) in [5.74, 6) is 1.22. The number of rotatable bonds is 8. The van der Waals surface area contributed by atoms with E-state index in [-0.39, 0.29) is 12.0 Å². The normalized spacial score (nSPS) is 16.7. The van der Waals surface area contributed by atoms with E-state index >= 15 is 0 Å². The molecule has 1 saturated heterocycles. The summed E-state index contributed by atoms with van der Waals surface area (Å²) in [7, 11) is 0. The Morgan fingerprint density at radius 3 is 2.90 bits per heavy atom. The van der Waals surface area contributed by atoms with Gasteiger partial charge in [0.15, 0.2) is 5.96 Å². The van der Waals surface area contributed by atoms with Crippen molar-refractivity contribution in [2.75, 3.05) is 6.54 Å². The average molecular weight is 395 g/mol. The van der Waals surface area contributed by atoms with Gasteiger partial charge in [0, 0.05) is 35.8 Å². The van der Waals surface area contributed by atoms with Gasteiger partial charge in [-0.05, 0) is 25.3 Å². The number of nitrogens with one attached hydrogen (secondary N) is 1. The Morgan fingerprint density at radius 2 is 2.07 bits per heavy atom. The van der Waals surface area contributed by atoms with E-state index in [0.717, 1.165) is 36.9 Å². The van der Waals surface area contributed by atoms with Crippen molar-refractivity contribution in [2.24, 2.45) is 5.73 Å². The van der Waals surface area contributed by atoms with E-state index in [1.807, 2.05) is 11.0 Å². The third-order valence-electron chi connectivity index (χ3n) is 5.82. The molecular formula is C22H30N6O. The van der Waals surface area contributed by atoms with E-state index in [2.05, 4.69) is 41.0 Å². The van der Waals surface area contributed by atoms with Crippen molar-refractivity contribution in [2.45, 2.75) is 64.5 Å². The second-order valence-corrected chi connectivity index (χ2v) is 7.86. The molecule has 3 heterocycles. The van der Waals surface area contributed by atoms with Crippen LogP contribution in [0.3, 0.4) is 0 Å². The summed E-state index contributed by atoms with van der Waals surface area (Å²) in [6.45, 7) is 4.00. The Balaban J connectivity index is 1.58. The molecule has 0 saturated carbocycles. The van der Waals surface area contributed by atoms with Gasteiger partial charge in [0.05, 0.1) is 0 Å². The van der Waals surface area contributed by atoms with E-state index < -0.39 is 0 Å². The molecule has 2 aromatic heterocycles. The van der Waals surface area contributed by atoms with Crippen molar-refractivity contribution in [3.05, 3.63) is 36.4 Å². The lowest BCUT2D eigenvalue weighted by Gasteiger charge is -2.21. The van der Waals surface area contributed by atoms with Gasteiger partial charge >= 0.3 is 0 Å². The van der Waals surface area contributed by atoms with Crippen LogP contribution >= 0.6 is 0 Å². The minimum Gasteiger partial charge on any atom is -0.370 e. The zero-order valence-corrected chi connectivity index (χ0v) is 17.1. The van der Waals surface area contributed by atoms with Crippen LogP contribution in [-0.2, 0) is 6.54 Å². The highest BCUT2D eigenvalue weighted by molar-refractivity contribution is 5.94. The number of fused-ring (bicyclic) bond motifs is 1. The summed E-state index contributed by atoms with van der Waals surface area (Å²) < 4.78 is 7.91. The lowest BCUT2D eigenvalue weighted by atomic mass is 10.1. The summed E-state index contributed by atoms with van der Waals surface area (Å²) >= 11 is 0. The van der Waals surface area contributed by atoms with Gasteiger partial charge < -0.3 is 19.7 Å². The molecule has 0 amide bonds. The largest absolute Gasteiger partial charge is 0.370 e. The fourth-order valence-corrected chi connectivity index (χ4v) is 4.29. The Bertz CT molecular complexity index is 975. The number of aromatic nitrogens is 3. The molecular weight excluding hydrogens is 364 g/mol. The standard InChI is InChI=1S/C22H30N6O/c1-2-3-4-5-8-13-27-15-17(16-10-6-7-11-18(16)27)20-25-21(29-26-20)19-12-9-14-28(19)22(23)24/h6-7,10-11,15,19H,2-5,8-9,12-14H2,1H3,(H3,23,24)/t19-/m0/s1. The molecule has 1 atom stereocenters. The number of hydrogen-bond donors (Lipinski definition) is 2. The number of nitrogens with zero attached hydrogens (tertiary/aromatic N) is 4. The molecule has 7 heteroatoms. The molecule has 1 aromatic carbocycles. The lowest BCUT2D eigenvalue weighted by molar-refractivity contribution is 0.283. The van der Waals surface area contributed by atoms with Gasteiger partial charge in [0.1, 0.15) is 6.04 Å². The van der Waals surface area contributed by atoms with Gasteiger partial charge in [-0.3, -0.25) is 5.41 Å². The number of guanidine groups is 1. The molecule has 1 fully saturated rings. The van der Waals surface area contributed by atoms with Crippen LogP contribution in [-0.4, -0.2) is 32.1 Å². The molecule has 3 N–H and O–H groups in total. The number of para-hydroxylation sites is 1. The van der Waals surface area contributed by atoms with Crippen molar-refractivity contribution < 1.29 is 4.52 Å². The molecule has 0 bridgehead atoms. The highest BCUT2D eigenvalue weighted by Crippen LogP contribution is 2.34. The molecule has 3 aromatic rings. The number of benzene rings is 1. The van der Waals surface area contributed by atoms with Gasteiger partial charge in [-0.25, -0.2) is 0 Å². The maximum Gasteiger partial charge on any atom is 0.249 e. The fraction of sp³-hybridized carbons (Fsp3) is 0.500. The first-order valence-corrected chi connectivity index (χ1v) is 10.7. The first kappa shape index (κ1) is 19.5. The SMILES string of the molecule is CCCCCCCn1cc(-c2noc([C@@H]3CCCN3C(=N)N)n2)c2ccccc21. The van der Waals surface area contributed by atoms with Crippen LogP contribution in [0.25, 0.3) is 22.3 Å². The lowest BCUT2D eigenvalue weighted by Crippen LogP contribution is -2.35. The molecule has 0 unspecified atom stereocenters. The molecule has 1 aliphatic heterocycles. The summed E-state index contributed by atoms with van der Waals surface area (Å²) in [5, 5.41) is 13.2. The van der Waals surface area contributed by atoms with E-state index in [1.54, 1.807) is 0 Å². The predicted octanol–water partition coefficient (Wildman–Crippen LogP) is 4.69. The van der Waals surface area contributed by atoms with Crippen LogP contribution in [0.15, 0.2) is 35.0 Å². The van der Waals surface area contributed by atoms with Gasteiger partial charge in [0.2, 0.25) is 11.7 Å². The quantitative estimate of drug-likeness (QED) is 0.328. The molecule has 0 aliphatic carbocycles. The van der Waals surface area contributed by atoms with Crippen molar-refractivity contribution >= 4 is 16.9 Å².